The molecule has 1 heterocycles. The largest absolute Gasteiger partial charge is 0.370 e. The first-order valence-corrected chi connectivity index (χ1v) is 6.96. The minimum absolute atomic E-state index is 0.338. The number of rotatable bonds is 6. The summed E-state index contributed by atoms with van der Waals surface area (Å²) in [4.78, 5) is 8.42. The highest BCUT2D eigenvalue weighted by Gasteiger charge is 2.11. The van der Waals surface area contributed by atoms with Gasteiger partial charge in [-0.25, -0.2) is 4.98 Å². The second-order valence-electron chi connectivity index (χ2n) is 4.44. The van der Waals surface area contributed by atoms with Crippen LogP contribution in [0.5, 0.6) is 0 Å². The topological polar surface area (TPSA) is 63.8 Å². The van der Waals surface area contributed by atoms with Crippen molar-refractivity contribution in [3.05, 3.63) is 6.07 Å². The first kappa shape index (κ1) is 14.1. The maximum Gasteiger partial charge on any atom is 0.223 e. The van der Waals surface area contributed by atoms with E-state index in [0.29, 0.717) is 17.1 Å². The third-order valence-corrected chi connectivity index (χ3v) is 3.89. The molecule has 0 radical (unpaired) electrons. The number of thioether (sulfide) groups is 1. The molecule has 17 heavy (non-hydrogen) atoms. The second kappa shape index (κ2) is 6.69. The Morgan fingerprint density at radius 3 is 2.65 bits per heavy atom. The van der Waals surface area contributed by atoms with Gasteiger partial charge in [-0.2, -0.15) is 4.98 Å². The highest BCUT2D eigenvalue weighted by atomic mass is 32.2. The van der Waals surface area contributed by atoms with Crippen molar-refractivity contribution in [2.75, 3.05) is 17.6 Å². The zero-order valence-electron chi connectivity index (χ0n) is 11.0. The Labute approximate surface area is 108 Å². The van der Waals surface area contributed by atoms with E-state index in [-0.39, 0.29) is 0 Å². The van der Waals surface area contributed by atoms with E-state index in [1.165, 1.54) is 0 Å². The number of anilines is 2. The number of nitrogens with two attached hydrogens (primary N) is 1. The van der Waals surface area contributed by atoms with Gasteiger partial charge in [-0.1, -0.05) is 27.7 Å². The Kier molecular flexibility index (Phi) is 5.55. The number of hydrogen-bond donors (Lipinski definition) is 2. The standard InChI is InChI=1S/C12H22N4S/c1-5-6-14-10-7-11(16-12(13)15-10)17-9(4)8(2)3/h7-9H,5-6H2,1-4H3,(H3,13,14,15,16). The van der Waals surface area contributed by atoms with Crippen LogP contribution in [0.4, 0.5) is 11.8 Å². The number of nitrogens with zero attached hydrogens (tertiary/aromatic N) is 2. The van der Waals surface area contributed by atoms with Crippen molar-refractivity contribution in [3.63, 3.8) is 0 Å². The summed E-state index contributed by atoms with van der Waals surface area (Å²) in [5, 5.41) is 4.69. The maximum atomic E-state index is 5.71. The van der Waals surface area contributed by atoms with Crippen molar-refractivity contribution < 1.29 is 0 Å². The molecule has 0 aliphatic carbocycles. The summed E-state index contributed by atoms with van der Waals surface area (Å²) in [7, 11) is 0. The van der Waals surface area contributed by atoms with Gasteiger partial charge < -0.3 is 11.1 Å². The molecule has 1 atom stereocenters. The summed E-state index contributed by atoms with van der Waals surface area (Å²) in [5.41, 5.74) is 5.71. The highest BCUT2D eigenvalue weighted by molar-refractivity contribution is 7.99. The van der Waals surface area contributed by atoms with Gasteiger partial charge in [-0.15, -0.1) is 11.8 Å². The monoisotopic (exact) mass is 254 g/mol. The molecule has 0 amide bonds. The molecule has 0 aromatic carbocycles. The van der Waals surface area contributed by atoms with E-state index >= 15 is 0 Å². The quantitative estimate of drug-likeness (QED) is 0.603. The number of nitrogen functional groups attached to an aromatic ring is 1. The van der Waals surface area contributed by atoms with Crippen molar-refractivity contribution in [1.82, 2.24) is 9.97 Å². The molecule has 0 fully saturated rings. The Bertz CT molecular complexity index is 354. The molecular weight excluding hydrogens is 232 g/mol. The van der Waals surface area contributed by atoms with Gasteiger partial charge >= 0.3 is 0 Å². The van der Waals surface area contributed by atoms with E-state index in [0.717, 1.165) is 23.8 Å². The number of aromatic nitrogens is 2. The predicted octanol–water partition coefficient (Wildman–Crippen LogP) is 3.02. The molecule has 1 unspecified atom stereocenters. The molecule has 1 aromatic heterocycles. The average Bonchev–Trinajstić information content (AvgIpc) is 2.25. The molecule has 5 heteroatoms. The molecular formula is C12H22N4S. The fourth-order valence-electron chi connectivity index (χ4n) is 1.17. The van der Waals surface area contributed by atoms with Crippen LogP contribution in [0.1, 0.15) is 34.1 Å². The van der Waals surface area contributed by atoms with E-state index in [2.05, 4.69) is 43.0 Å². The lowest BCUT2D eigenvalue weighted by atomic mass is 10.2. The Hall–Kier alpha value is -0.970. The Morgan fingerprint density at radius 2 is 2.06 bits per heavy atom. The van der Waals surface area contributed by atoms with Crippen LogP contribution in [0.25, 0.3) is 0 Å². The molecule has 3 N–H and O–H groups in total. The molecule has 4 nitrogen and oxygen atoms in total. The molecule has 1 aromatic rings. The summed E-state index contributed by atoms with van der Waals surface area (Å²) in [5.74, 6) is 1.77. The average molecular weight is 254 g/mol. The van der Waals surface area contributed by atoms with E-state index < -0.39 is 0 Å². The van der Waals surface area contributed by atoms with Crippen molar-refractivity contribution in [2.24, 2.45) is 5.92 Å². The van der Waals surface area contributed by atoms with Crippen LogP contribution in [0.3, 0.4) is 0 Å². The maximum absolute atomic E-state index is 5.71. The second-order valence-corrected chi connectivity index (χ2v) is 5.84. The third kappa shape index (κ3) is 4.81. The van der Waals surface area contributed by atoms with Crippen molar-refractivity contribution >= 4 is 23.5 Å². The summed E-state index contributed by atoms with van der Waals surface area (Å²) < 4.78 is 0. The lowest BCUT2D eigenvalue weighted by molar-refractivity contribution is 0.641. The van der Waals surface area contributed by atoms with E-state index in [1.54, 1.807) is 11.8 Å². The molecule has 0 aliphatic rings. The molecule has 96 valence electrons. The van der Waals surface area contributed by atoms with E-state index in [4.69, 9.17) is 5.73 Å². The van der Waals surface area contributed by atoms with Crippen LogP contribution in [0, 0.1) is 5.92 Å². The highest BCUT2D eigenvalue weighted by Crippen LogP contribution is 2.27. The van der Waals surface area contributed by atoms with Crippen LogP contribution in [-0.2, 0) is 0 Å². The van der Waals surface area contributed by atoms with Crippen molar-refractivity contribution in [1.29, 1.82) is 0 Å². The number of nitrogens with one attached hydrogen (secondary N) is 1. The smallest absolute Gasteiger partial charge is 0.223 e. The Morgan fingerprint density at radius 1 is 1.35 bits per heavy atom. The fourth-order valence-corrected chi connectivity index (χ4v) is 2.15. The van der Waals surface area contributed by atoms with E-state index in [9.17, 15) is 0 Å². The van der Waals surface area contributed by atoms with E-state index in [1.807, 2.05) is 6.07 Å². The summed E-state index contributed by atoms with van der Waals surface area (Å²) >= 11 is 1.74. The van der Waals surface area contributed by atoms with Gasteiger partial charge in [0.05, 0.1) is 0 Å². The van der Waals surface area contributed by atoms with Gasteiger partial charge in [0, 0.05) is 17.9 Å². The molecule has 0 saturated carbocycles. The van der Waals surface area contributed by atoms with Gasteiger partial charge in [0.25, 0.3) is 0 Å². The van der Waals surface area contributed by atoms with Gasteiger partial charge in [0.1, 0.15) is 10.8 Å². The Balaban J connectivity index is 2.74. The predicted molar refractivity (Wildman–Crippen MR) is 75.4 cm³/mol. The van der Waals surface area contributed by atoms with Gasteiger partial charge in [-0.05, 0) is 12.3 Å². The third-order valence-electron chi connectivity index (χ3n) is 2.52. The normalized spacial score (nSPS) is 12.8. The first-order valence-electron chi connectivity index (χ1n) is 6.08. The van der Waals surface area contributed by atoms with Gasteiger partial charge in [0.2, 0.25) is 5.95 Å². The van der Waals surface area contributed by atoms with Crippen LogP contribution in [-0.4, -0.2) is 21.8 Å². The SMILES string of the molecule is CCCNc1cc(SC(C)C(C)C)nc(N)n1. The van der Waals surface area contributed by atoms with Crippen LogP contribution >= 0.6 is 11.8 Å². The summed E-state index contributed by atoms with van der Waals surface area (Å²) in [6.07, 6.45) is 1.06. The van der Waals surface area contributed by atoms with Crippen LogP contribution in [0.15, 0.2) is 11.1 Å². The van der Waals surface area contributed by atoms with Crippen LogP contribution in [0.2, 0.25) is 0 Å². The molecule has 0 bridgehead atoms. The molecule has 0 spiro atoms. The van der Waals surface area contributed by atoms with Crippen LogP contribution < -0.4 is 11.1 Å². The first-order chi connectivity index (χ1) is 8.02. The van der Waals surface area contributed by atoms with Crippen molar-refractivity contribution in [2.45, 2.75) is 44.4 Å². The van der Waals surface area contributed by atoms with Crippen molar-refractivity contribution in [3.8, 4) is 0 Å². The minimum atomic E-state index is 0.338. The fraction of sp³-hybridized carbons (Fsp3) is 0.667. The van der Waals surface area contributed by atoms with Gasteiger partial charge in [0.15, 0.2) is 0 Å². The van der Waals surface area contributed by atoms with Gasteiger partial charge in [-0.3, -0.25) is 0 Å². The summed E-state index contributed by atoms with van der Waals surface area (Å²) in [6.45, 7) is 9.64. The number of hydrogen-bond acceptors (Lipinski definition) is 5. The lowest BCUT2D eigenvalue weighted by Crippen LogP contribution is -2.08. The molecule has 1 rings (SSSR count). The molecule has 0 saturated heterocycles. The summed E-state index contributed by atoms with van der Waals surface area (Å²) in [6, 6.07) is 1.97. The zero-order chi connectivity index (χ0) is 12.8. The minimum Gasteiger partial charge on any atom is -0.370 e. The zero-order valence-corrected chi connectivity index (χ0v) is 11.8. The molecule has 0 aliphatic heterocycles. The lowest BCUT2D eigenvalue weighted by Gasteiger charge is -2.15.